The molecule has 2 aromatic rings. The average molecular weight is 374 g/mol. The van der Waals surface area contributed by atoms with E-state index in [1.165, 1.54) is 30.3 Å². The molecule has 0 spiro atoms. The molecule has 0 aromatic heterocycles. The minimum atomic E-state index is -4.05. The van der Waals surface area contributed by atoms with Crippen molar-refractivity contribution in [1.29, 1.82) is 0 Å². The zero-order chi connectivity index (χ0) is 19.3. The molecular weight excluding hydrogens is 355 g/mol. The predicted molar refractivity (Wildman–Crippen MR) is 98.9 cm³/mol. The summed E-state index contributed by atoms with van der Waals surface area (Å²) in [5.74, 6) is -3.30. The lowest BCUT2D eigenvalue weighted by Gasteiger charge is -2.23. The van der Waals surface area contributed by atoms with Crippen molar-refractivity contribution in [2.24, 2.45) is 0 Å². The number of carbonyl (C=O) groups excluding carboxylic acids is 1. The lowest BCUT2D eigenvalue weighted by atomic mass is 10.1. The fourth-order valence-electron chi connectivity index (χ4n) is 2.48. The molecule has 2 atom stereocenters. The minimum Gasteiger partial charge on any atom is -0.478 e. The number of hydrogen-bond acceptors (Lipinski definition) is 4. The number of carboxylic acids is 1. The van der Waals surface area contributed by atoms with Crippen LogP contribution in [0.5, 0.6) is 0 Å². The van der Waals surface area contributed by atoms with Crippen molar-refractivity contribution in [2.45, 2.75) is 19.2 Å². The molecule has 6 nitrogen and oxygen atoms in total. The number of hydrogen-bond donors (Lipinski definition) is 2. The molecule has 0 aliphatic carbocycles. The number of rotatable bonds is 7. The van der Waals surface area contributed by atoms with Crippen molar-refractivity contribution in [1.82, 2.24) is 0 Å². The first-order valence-electron chi connectivity index (χ1n) is 7.90. The van der Waals surface area contributed by atoms with Crippen LogP contribution in [0.4, 0.5) is 0 Å². The van der Waals surface area contributed by atoms with Crippen molar-refractivity contribution in [2.75, 3.05) is 0 Å². The lowest BCUT2D eigenvalue weighted by molar-refractivity contribution is 0.0422. The highest BCUT2D eigenvalue weighted by Gasteiger charge is 2.36. The summed E-state index contributed by atoms with van der Waals surface area (Å²) in [5.41, 5.74) is 0.415. The second kappa shape index (κ2) is 8.13. The van der Waals surface area contributed by atoms with E-state index in [9.17, 15) is 19.0 Å². The molecule has 0 aliphatic rings. The van der Waals surface area contributed by atoms with Crippen LogP contribution in [0.15, 0.2) is 55.1 Å². The first-order valence-corrected chi connectivity index (χ1v) is 9.63. The monoisotopic (exact) mass is 374 g/mol. The van der Waals surface area contributed by atoms with Gasteiger partial charge in [-0.1, -0.05) is 43.8 Å². The maximum atomic E-state index is 13.0. The number of ether oxygens (including phenoxy) is 1. The van der Waals surface area contributed by atoms with Crippen molar-refractivity contribution < 1.29 is 28.9 Å². The molecule has 0 bridgehead atoms. The van der Waals surface area contributed by atoms with Gasteiger partial charge in [0.05, 0.1) is 11.1 Å². The van der Waals surface area contributed by atoms with Gasteiger partial charge >= 0.3 is 11.9 Å². The first kappa shape index (κ1) is 19.6. The molecule has 0 saturated heterocycles. The summed E-state index contributed by atoms with van der Waals surface area (Å²) in [6.45, 7) is 5.26. The average Bonchev–Trinajstić information content (AvgIpc) is 2.65. The van der Waals surface area contributed by atoms with Crippen molar-refractivity contribution in [3.63, 3.8) is 0 Å². The van der Waals surface area contributed by atoms with Crippen LogP contribution in [0, 0.1) is 0 Å². The van der Waals surface area contributed by atoms with Gasteiger partial charge in [-0.2, -0.15) is 0 Å². The maximum absolute atomic E-state index is 13.0. The standard InChI is InChI=1S/C19H19O6P/c1-3-13-8-5-6-11-16(13)26(23,24)17(4-2)25-19(22)15-10-7-9-14(12-15)18(20)21/h3,5-12,17H,1,4H2,2H3,(H,20,21)(H,23,24). The summed E-state index contributed by atoms with van der Waals surface area (Å²) in [7, 11) is -4.05. The summed E-state index contributed by atoms with van der Waals surface area (Å²) in [4.78, 5) is 34.0. The van der Waals surface area contributed by atoms with Gasteiger partial charge in [0, 0.05) is 5.30 Å². The summed E-state index contributed by atoms with van der Waals surface area (Å²) < 4.78 is 18.3. The van der Waals surface area contributed by atoms with E-state index in [1.807, 2.05) is 0 Å². The smallest absolute Gasteiger partial charge is 0.338 e. The molecule has 0 radical (unpaired) electrons. The normalized spacial score (nSPS) is 14.1. The van der Waals surface area contributed by atoms with Gasteiger partial charge in [-0.25, -0.2) is 9.59 Å². The summed E-state index contributed by atoms with van der Waals surface area (Å²) >= 11 is 0. The molecule has 0 saturated carbocycles. The molecular formula is C19H19O6P. The number of carboxylic acid groups (broad SMARTS) is 1. The molecule has 2 unspecified atom stereocenters. The third-order valence-corrected chi connectivity index (χ3v) is 6.18. The second-order valence-corrected chi connectivity index (χ2v) is 7.84. The molecule has 0 amide bonds. The fourth-order valence-corrected chi connectivity index (χ4v) is 4.36. The molecule has 2 aromatic carbocycles. The zero-order valence-corrected chi connectivity index (χ0v) is 15.1. The minimum absolute atomic E-state index is 0.000329. The first-order chi connectivity index (χ1) is 12.3. The van der Waals surface area contributed by atoms with Crippen molar-refractivity contribution in [3.8, 4) is 0 Å². The Morgan fingerprint density at radius 1 is 1.19 bits per heavy atom. The molecule has 0 heterocycles. The maximum Gasteiger partial charge on any atom is 0.338 e. The van der Waals surface area contributed by atoms with E-state index in [0.29, 0.717) is 5.56 Å². The highest BCUT2D eigenvalue weighted by Crippen LogP contribution is 2.48. The van der Waals surface area contributed by atoms with Gasteiger partial charge in [0.2, 0.25) is 0 Å². The number of aromatic carboxylic acids is 1. The van der Waals surface area contributed by atoms with Gasteiger partial charge < -0.3 is 14.7 Å². The van der Waals surface area contributed by atoms with Gasteiger partial charge in [-0.3, -0.25) is 4.57 Å². The van der Waals surface area contributed by atoms with Gasteiger partial charge in [-0.05, 0) is 36.2 Å². The van der Waals surface area contributed by atoms with Gasteiger partial charge in [0.1, 0.15) is 0 Å². The molecule has 2 N–H and O–H groups in total. The largest absolute Gasteiger partial charge is 0.478 e. The quantitative estimate of drug-likeness (QED) is 0.568. The Morgan fingerprint density at radius 3 is 2.46 bits per heavy atom. The van der Waals surface area contributed by atoms with Gasteiger partial charge in [-0.15, -0.1) is 0 Å². The highest BCUT2D eigenvalue weighted by molar-refractivity contribution is 7.66. The summed E-state index contributed by atoms with van der Waals surface area (Å²) in [6, 6.07) is 11.8. The van der Waals surface area contributed by atoms with Crippen LogP contribution in [0.25, 0.3) is 6.08 Å². The fraction of sp³-hybridized carbons (Fsp3) is 0.158. The van der Waals surface area contributed by atoms with Crippen LogP contribution < -0.4 is 5.30 Å². The van der Waals surface area contributed by atoms with Crippen molar-refractivity contribution >= 4 is 30.7 Å². The second-order valence-electron chi connectivity index (χ2n) is 5.54. The Hall–Kier alpha value is -2.69. The van der Waals surface area contributed by atoms with E-state index in [-0.39, 0.29) is 22.9 Å². The Morgan fingerprint density at radius 2 is 1.85 bits per heavy atom. The Labute approximate surface area is 151 Å². The zero-order valence-electron chi connectivity index (χ0n) is 14.2. The van der Waals surface area contributed by atoms with Crippen LogP contribution in [0.2, 0.25) is 0 Å². The Balaban J connectivity index is 2.32. The van der Waals surface area contributed by atoms with E-state index in [0.717, 1.165) is 6.07 Å². The third kappa shape index (κ3) is 4.10. The van der Waals surface area contributed by atoms with Crippen LogP contribution in [0.1, 0.15) is 39.6 Å². The SMILES string of the molecule is C=Cc1ccccc1P(=O)(O)C(CC)OC(=O)c1cccc(C(=O)O)c1. The van der Waals surface area contributed by atoms with Gasteiger partial charge in [0.15, 0.2) is 5.85 Å². The molecule has 2 rings (SSSR count). The number of esters is 1. The highest BCUT2D eigenvalue weighted by atomic mass is 31.2. The van der Waals surface area contributed by atoms with E-state index in [4.69, 9.17) is 9.84 Å². The Kier molecular flexibility index (Phi) is 6.14. The van der Waals surface area contributed by atoms with Crippen LogP contribution in [-0.2, 0) is 9.30 Å². The number of benzene rings is 2. The molecule has 7 heteroatoms. The van der Waals surface area contributed by atoms with Gasteiger partial charge in [0.25, 0.3) is 7.37 Å². The van der Waals surface area contributed by atoms with Crippen molar-refractivity contribution in [3.05, 3.63) is 71.8 Å². The van der Waals surface area contributed by atoms with E-state index in [1.54, 1.807) is 25.1 Å². The number of carbonyl (C=O) groups is 2. The van der Waals surface area contributed by atoms with E-state index >= 15 is 0 Å². The van der Waals surface area contributed by atoms with Crippen LogP contribution >= 0.6 is 7.37 Å². The Bertz CT molecular complexity index is 889. The summed E-state index contributed by atoms with van der Waals surface area (Å²) in [5, 5.41) is 9.17. The molecule has 0 fully saturated rings. The third-order valence-electron chi connectivity index (χ3n) is 3.83. The van der Waals surface area contributed by atoms with E-state index < -0.39 is 25.2 Å². The topological polar surface area (TPSA) is 101 Å². The van der Waals surface area contributed by atoms with E-state index in [2.05, 4.69) is 6.58 Å². The van der Waals surface area contributed by atoms with Crippen LogP contribution in [0.3, 0.4) is 0 Å². The van der Waals surface area contributed by atoms with Crippen LogP contribution in [-0.4, -0.2) is 27.8 Å². The predicted octanol–water partition coefficient (Wildman–Crippen LogP) is 3.52. The molecule has 26 heavy (non-hydrogen) atoms. The molecule has 0 aliphatic heterocycles. The lowest BCUT2D eigenvalue weighted by Crippen LogP contribution is -2.24. The molecule has 136 valence electrons. The summed E-state index contributed by atoms with van der Waals surface area (Å²) in [6.07, 6.45) is 1.58.